The van der Waals surface area contributed by atoms with Crippen LogP contribution in [0.4, 0.5) is 24.5 Å². The number of halogens is 3. The number of nitrogens with one attached hydrogen (secondary N) is 2. The van der Waals surface area contributed by atoms with Crippen molar-refractivity contribution in [2.24, 2.45) is 5.10 Å². The fourth-order valence-electron chi connectivity index (χ4n) is 2.88. The van der Waals surface area contributed by atoms with Crippen molar-refractivity contribution < 1.29 is 40.4 Å². The molecule has 0 radical (unpaired) electrons. The second-order valence-corrected chi connectivity index (χ2v) is 8.62. The highest BCUT2D eigenvalue weighted by Crippen LogP contribution is 2.31. The fraction of sp³-hybridized carbons (Fsp3) is 0.130. The van der Waals surface area contributed by atoms with Gasteiger partial charge in [0.05, 0.1) is 29.5 Å². The molecule has 0 heterocycles. The SMILES string of the molecule is COc1cc(C=NNc2ccc(S(=O)(=O)O)cc2)ccc1OCC(=O)Nc1cccc(C(F)(F)F)c1. The van der Waals surface area contributed by atoms with Gasteiger partial charge in [0.2, 0.25) is 0 Å². The average molecular weight is 523 g/mol. The number of nitrogens with zero attached hydrogens (tertiary/aromatic N) is 1. The number of ether oxygens (including phenoxy) is 2. The van der Waals surface area contributed by atoms with Crippen molar-refractivity contribution in [3.63, 3.8) is 0 Å². The highest BCUT2D eigenvalue weighted by atomic mass is 32.2. The maximum atomic E-state index is 12.8. The van der Waals surface area contributed by atoms with Crippen molar-refractivity contribution in [3.05, 3.63) is 77.9 Å². The molecule has 1 amide bonds. The molecule has 0 saturated heterocycles. The summed E-state index contributed by atoms with van der Waals surface area (Å²) in [5, 5.41) is 6.37. The summed E-state index contributed by atoms with van der Waals surface area (Å²) in [4.78, 5) is 11.9. The van der Waals surface area contributed by atoms with Gasteiger partial charge in [-0.05, 0) is 66.2 Å². The van der Waals surface area contributed by atoms with E-state index in [1.54, 1.807) is 12.1 Å². The van der Waals surface area contributed by atoms with Crippen LogP contribution in [0.15, 0.2) is 76.7 Å². The Hall–Kier alpha value is -4.10. The lowest BCUT2D eigenvalue weighted by Gasteiger charge is -2.12. The average Bonchev–Trinajstić information content (AvgIpc) is 2.82. The van der Waals surface area contributed by atoms with Crippen LogP contribution in [-0.4, -0.2) is 38.8 Å². The predicted octanol–water partition coefficient (Wildman–Crippen LogP) is 4.42. The third-order valence-corrected chi connectivity index (χ3v) is 5.45. The van der Waals surface area contributed by atoms with E-state index >= 15 is 0 Å². The van der Waals surface area contributed by atoms with Gasteiger partial charge in [-0.3, -0.25) is 14.8 Å². The number of amides is 1. The monoisotopic (exact) mass is 523 g/mol. The van der Waals surface area contributed by atoms with Crippen LogP contribution in [0.5, 0.6) is 11.5 Å². The van der Waals surface area contributed by atoms with Crippen molar-refractivity contribution in [1.82, 2.24) is 0 Å². The summed E-state index contributed by atoms with van der Waals surface area (Å²) in [5.74, 6) is -0.155. The third kappa shape index (κ3) is 7.45. The molecule has 3 aromatic rings. The van der Waals surface area contributed by atoms with E-state index < -0.39 is 34.4 Å². The normalized spacial score (nSPS) is 11.8. The number of alkyl halides is 3. The Morgan fingerprint density at radius 2 is 1.75 bits per heavy atom. The summed E-state index contributed by atoms with van der Waals surface area (Å²) in [6.45, 7) is -0.471. The topological polar surface area (TPSA) is 126 Å². The predicted molar refractivity (Wildman–Crippen MR) is 126 cm³/mol. The van der Waals surface area contributed by atoms with E-state index in [0.29, 0.717) is 11.3 Å². The Morgan fingerprint density at radius 1 is 1.03 bits per heavy atom. The maximum absolute atomic E-state index is 12.8. The molecule has 190 valence electrons. The van der Waals surface area contributed by atoms with Gasteiger partial charge in [-0.25, -0.2) is 0 Å². The van der Waals surface area contributed by atoms with Crippen LogP contribution in [0.2, 0.25) is 0 Å². The number of hydrazone groups is 1. The molecule has 0 unspecified atom stereocenters. The van der Waals surface area contributed by atoms with Crippen molar-refractivity contribution >= 4 is 33.6 Å². The smallest absolute Gasteiger partial charge is 0.416 e. The quantitative estimate of drug-likeness (QED) is 0.215. The molecule has 0 atom stereocenters. The Kier molecular flexibility index (Phi) is 8.17. The molecule has 13 heteroatoms. The maximum Gasteiger partial charge on any atom is 0.416 e. The number of rotatable bonds is 9. The highest BCUT2D eigenvalue weighted by molar-refractivity contribution is 7.85. The van der Waals surface area contributed by atoms with Gasteiger partial charge in [-0.1, -0.05) is 6.07 Å². The summed E-state index contributed by atoms with van der Waals surface area (Å²) < 4.78 is 80.3. The van der Waals surface area contributed by atoms with Crippen LogP contribution in [0.3, 0.4) is 0 Å². The van der Waals surface area contributed by atoms with Crippen LogP contribution in [-0.2, 0) is 21.1 Å². The second-order valence-electron chi connectivity index (χ2n) is 7.20. The Bertz CT molecular complexity index is 1360. The summed E-state index contributed by atoms with van der Waals surface area (Å²) in [6, 6.07) is 14.2. The largest absolute Gasteiger partial charge is 0.493 e. The minimum atomic E-state index is -4.53. The lowest BCUT2D eigenvalue weighted by molar-refractivity contribution is -0.137. The van der Waals surface area contributed by atoms with E-state index in [-0.39, 0.29) is 22.1 Å². The molecule has 3 aromatic carbocycles. The zero-order valence-corrected chi connectivity index (χ0v) is 19.4. The molecule has 0 aromatic heterocycles. The number of hydrogen-bond donors (Lipinski definition) is 3. The zero-order valence-electron chi connectivity index (χ0n) is 18.6. The summed E-state index contributed by atoms with van der Waals surface area (Å²) in [5.41, 5.74) is 2.86. The summed E-state index contributed by atoms with van der Waals surface area (Å²) in [6.07, 6.45) is -3.08. The Morgan fingerprint density at radius 3 is 2.39 bits per heavy atom. The van der Waals surface area contributed by atoms with E-state index in [9.17, 15) is 26.4 Å². The number of benzene rings is 3. The molecular weight excluding hydrogens is 503 g/mol. The number of carbonyl (C=O) groups excluding carboxylic acids is 1. The van der Waals surface area contributed by atoms with E-state index in [1.807, 2.05) is 0 Å². The first-order valence-electron chi connectivity index (χ1n) is 10.1. The van der Waals surface area contributed by atoms with Crippen molar-refractivity contribution in [1.29, 1.82) is 0 Å². The van der Waals surface area contributed by atoms with Crippen LogP contribution in [0, 0.1) is 0 Å². The van der Waals surface area contributed by atoms with E-state index in [1.165, 1.54) is 55.8 Å². The highest BCUT2D eigenvalue weighted by Gasteiger charge is 2.30. The van der Waals surface area contributed by atoms with Gasteiger partial charge in [0.25, 0.3) is 16.0 Å². The molecule has 9 nitrogen and oxygen atoms in total. The summed E-state index contributed by atoms with van der Waals surface area (Å²) >= 11 is 0. The number of anilines is 2. The molecule has 0 spiro atoms. The first-order chi connectivity index (χ1) is 17.0. The molecule has 0 aliphatic rings. The van der Waals surface area contributed by atoms with Gasteiger partial charge in [-0.2, -0.15) is 26.7 Å². The van der Waals surface area contributed by atoms with E-state index in [0.717, 1.165) is 12.1 Å². The molecule has 3 N–H and O–H groups in total. The Balaban J connectivity index is 1.58. The minimum absolute atomic E-state index is 0.0166. The fourth-order valence-corrected chi connectivity index (χ4v) is 3.36. The standard InChI is InChI=1S/C23H20F3N3O6S/c1-34-21-11-15(13-27-29-17-6-8-19(9-7-17)36(31,32)33)5-10-20(21)35-14-22(30)28-18-4-2-3-16(12-18)23(24,25)26/h2-13,29H,14H2,1H3,(H,28,30)(H,31,32,33). The third-order valence-electron chi connectivity index (χ3n) is 4.58. The first-order valence-corrected chi connectivity index (χ1v) is 11.5. The van der Waals surface area contributed by atoms with Gasteiger partial charge in [0.15, 0.2) is 18.1 Å². The van der Waals surface area contributed by atoms with Crippen LogP contribution < -0.4 is 20.2 Å². The van der Waals surface area contributed by atoms with Gasteiger partial charge in [-0.15, -0.1) is 0 Å². The molecular formula is C23H20F3N3O6S. The van der Waals surface area contributed by atoms with Gasteiger partial charge in [0, 0.05) is 5.69 Å². The lowest BCUT2D eigenvalue weighted by atomic mass is 10.2. The van der Waals surface area contributed by atoms with Gasteiger partial charge in [0.1, 0.15) is 0 Å². The zero-order chi connectivity index (χ0) is 26.3. The number of methoxy groups -OCH3 is 1. The lowest BCUT2D eigenvalue weighted by Crippen LogP contribution is -2.20. The molecule has 0 aliphatic carbocycles. The van der Waals surface area contributed by atoms with Crippen LogP contribution in [0.25, 0.3) is 0 Å². The molecule has 3 rings (SSSR count). The van der Waals surface area contributed by atoms with Crippen molar-refractivity contribution in [3.8, 4) is 11.5 Å². The van der Waals surface area contributed by atoms with Gasteiger partial charge >= 0.3 is 6.18 Å². The molecule has 0 aliphatic heterocycles. The van der Waals surface area contributed by atoms with Crippen molar-refractivity contribution in [2.45, 2.75) is 11.1 Å². The Labute approximate surface area is 204 Å². The molecule has 0 bridgehead atoms. The molecule has 36 heavy (non-hydrogen) atoms. The summed E-state index contributed by atoms with van der Waals surface area (Å²) in [7, 11) is -2.90. The van der Waals surface area contributed by atoms with Crippen molar-refractivity contribution in [2.75, 3.05) is 24.5 Å². The molecule has 0 saturated carbocycles. The van der Waals surface area contributed by atoms with E-state index in [2.05, 4.69) is 15.8 Å². The number of hydrogen-bond acceptors (Lipinski definition) is 7. The first kappa shape index (κ1) is 26.5. The van der Waals surface area contributed by atoms with Crippen LogP contribution >= 0.6 is 0 Å². The minimum Gasteiger partial charge on any atom is -0.493 e. The van der Waals surface area contributed by atoms with Gasteiger partial charge < -0.3 is 14.8 Å². The van der Waals surface area contributed by atoms with E-state index in [4.69, 9.17) is 14.0 Å². The van der Waals surface area contributed by atoms with Crippen LogP contribution in [0.1, 0.15) is 11.1 Å². The number of carbonyl (C=O) groups is 1. The molecule has 0 fully saturated rings. The second kappa shape index (κ2) is 11.1.